The molecule has 0 aromatic heterocycles. The second-order valence-corrected chi connectivity index (χ2v) is 6.92. The van der Waals surface area contributed by atoms with Crippen LogP contribution in [-0.4, -0.2) is 19.1 Å². The molecule has 114 valence electrons. The third kappa shape index (κ3) is 2.40. The Morgan fingerprint density at radius 1 is 0.955 bits per heavy atom. The summed E-state index contributed by atoms with van der Waals surface area (Å²) in [4.78, 5) is 0. The molecule has 1 saturated heterocycles. The van der Waals surface area contributed by atoms with Crippen LogP contribution in [0.3, 0.4) is 0 Å². The summed E-state index contributed by atoms with van der Waals surface area (Å²) in [5, 5.41) is 8.69. The Kier molecular flexibility index (Phi) is 3.77. The molecule has 2 N–H and O–H groups in total. The van der Waals surface area contributed by atoms with Gasteiger partial charge in [0.1, 0.15) is 0 Å². The molecule has 4 rings (SSSR count). The molecule has 0 spiro atoms. The van der Waals surface area contributed by atoms with Gasteiger partial charge in [-0.2, -0.15) is 0 Å². The maximum Gasteiger partial charge on any atom is 0.0485 e. The summed E-state index contributed by atoms with van der Waals surface area (Å²) in [5.41, 5.74) is 4.91. The molecule has 1 fully saturated rings. The van der Waals surface area contributed by atoms with E-state index in [4.69, 9.17) is 23.2 Å². The minimum atomic E-state index is 0.518. The van der Waals surface area contributed by atoms with Crippen molar-refractivity contribution in [3.05, 3.63) is 52.0 Å². The zero-order valence-corrected chi connectivity index (χ0v) is 13.7. The number of halogens is 2. The van der Waals surface area contributed by atoms with Crippen LogP contribution in [0.5, 0.6) is 0 Å². The quantitative estimate of drug-likeness (QED) is 0.774. The molecule has 0 unspecified atom stereocenters. The van der Waals surface area contributed by atoms with E-state index in [1.807, 2.05) is 18.2 Å². The van der Waals surface area contributed by atoms with Gasteiger partial charge in [-0.05, 0) is 61.3 Å². The zero-order chi connectivity index (χ0) is 15.1. The van der Waals surface area contributed by atoms with E-state index in [1.54, 1.807) is 0 Å². The van der Waals surface area contributed by atoms with Crippen LogP contribution in [0.25, 0.3) is 11.1 Å². The average molecular weight is 333 g/mol. The Bertz CT molecular complexity index is 714. The van der Waals surface area contributed by atoms with E-state index >= 15 is 0 Å². The highest BCUT2D eigenvalue weighted by molar-refractivity contribution is 6.35. The Balaban J connectivity index is 1.86. The number of hydrogen-bond donors (Lipinski definition) is 2. The molecule has 2 heterocycles. The molecule has 2 aromatic carbocycles. The van der Waals surface area contributed by atoms with E-state index in [1.165, 1.54) is 16.8 Å². The summed E-state index contributed by atoms with van der Waals surface area (Å²) in [6.45, 7) is 2.15. The molecule has 0 amide bonds. The van der Waals surface area contributed by atoms with Gasteiger partial charge in [-0.3, -0.25) is 0 Å². The van der Waals surface area contributed by atoms with Gasteiger partial charge in [0, 0.05) is 33.3 Å². The van der Waals surface area contributed by atoms with Gasteiger partial charge in [-0.25, -0.2) is 0 Å². The Morgan fingerprint density at radius 2 is 1.82 bits per heavy atom. The van der Waals surface area contributed by atoms with Crippen molar-refractivity contribution in [1.82, 2.24) is 5.32 Å². The van der Waals surface area contributed by atoms with Gasteiger partial charge < -0.3 is 10.6 Å². The van der Waals surface area contributed by atoms with Crippen LogP contribution >= 0.6 is 23.2 Å². The molecule has 2 aliphatic heterocycles. The third-order valence-corrected chi connectivity index (χ3v) is 5.35. The summed E-state index contributed by atoms with van der Waals surface area (Å²) >= 11 is 12.6. The summed E-state index contributed by atoms with van der Waals surface area (Å²) in [6, 6.07) is 12.7. The van der Waals surface area contributed by atoms with Gasteiger partial charge in [-0.15, -0.1) is 0 Å². The highest BCUT2D eigenvalue weighted by atomic mass is 35.5. The van der Waals surface area contributed by atoms with E-state index in [-0.39, 0.29) is 0 Å². The van der Waals surface area contributed by atoms with Gasteiger partial charge in [0.05, 0.1) is 0 Å². The summed E-state index contributed by atoms with van der Waals surface area (Å²) < 4.78 is 0. The number of rotatable bonds is 1. The summed E-state index contributed by atoms with van der Waals surface area (Å²) in [7, 11) is 0. The number of anilines is 1. The van der Waals surface area contributed by atoms with Crippen molar-refractivity contribution in [2.75, 3.05) is 18.4 Å². The van der Waals surface area contributed by atoms with E-state index in [2.05, 4.69) is 28.8 Å². The van der Waals surface area contributed by atoms with Gasteiger partial charge >= 0.3 is 0 Å². The maximum absolute atomic E-state index is 6.45. The van der Waals surface area contributed by atoms with Crippen LogP contribution in [0.2, 0.25) is 10.0 Å². The lowest BCUT2D eigenvalue weighted by molar-refractivity contribution is 0.579. The lowest BCUT2D eigenvalue weighted by Crippen LogP contribution is -2.21. The van der Waals surface area contributed by atoms with Crippen LogP contribution in [0, 0.1) is 0 Å². The molecule has 2 aliphatic rings. The summed E-state index contributed by atoms with van der Waals surface area (Å²) in [6.07, 6.45) is 2.31. The molecular formula is C18H18Cl2N2. The SMILES string of the molecule is Clc1ccc(Cl)c(-c2cccc3c2[C@@H]2CCNCC[C@@H]2N3)c1. The first kappa shape index (κ1) is 14.4. The first-order valence-electron chi connectivity index (χ1n) is 7.79. The Morgan fingerprint density at radius 3 is 2.73 bits per heavy atom. The van der Waals surface area contributed by atoms with Gasteiger partial charge in [-0.1, -0.05) is 35.3 Å². The molecule has 0 radical (unpaired) electrons. The second kappa shape index (κ2) is 5.77. The average Bonchev–Trinajstić information content (AvgIpc) is 2.72. The largest absolute Gasteiger partial charge is 0.381 e. The van der Waals surface area contributed by atoms with Crippen LogP contribution < -0.4 is 10.6 Å². The molecule has 0 saturated carbocycles. The van der Waals surface area contributed by atoms with Crippen molar-refractivity contribution in [2.24, 2.45) is 0 Å². The molecule has 2 nitrogen and oxygen atoms in total. The third-order valence-electron chi connectivity index (χ3n) is 4.79. The highest BCUT2D eigenvalue weighted by Crippen LogP contribution is 2.46. The van der Waals surface area contributed by atoms with Crippen molar-refractivity contribution in [1.29, 1.82) is 0 Å². The highest BCUT2D eigenvalue weighted by Gasteiger charge is 2.34. The van der Waals surface area contributed by atoms with Crippen LogP contribution in [0.1, 0.15) is 24.3 Å². The molecular weight excluding hydrogens is 315 g/mol. The van der Waals surface area contributed by atoms with E-state index < -0.39 is 0 Å². The number of hydrogen-bond acceptors (Lipinski definition) is 2. The van der Waals surface area contributed by atoms with Crippen LogP contribution in [0.4, 0.5) is 5.69 Å². The first-order valence-corrected chi connectivity index (χ1v) is 8.55. The molecule has 22 heavy (non-hydrogen) atoms. The van der Waals surface area contributed by atoms with Crippen molar-refractivity contribution < 1.29 is 0 Å². The minimum absolute atomic E-state index is 0.518. The molecule has 4 heteroatoms. The monoisotopic (exact) mass is 332 g/mol. The summed E-state index contributed by atoms with van der Waals surface area (Å²) in [5.74, 6) is 0.538. The molecule has 2 aromatic rings. The van der Waals surface area contributed by atoms with Crippen LogP contribution in [0.15, 0.2) is 36.4 Å². The Labute approximate surface area is 140 Å². The zero-order valence-electron chi connectivity index (χ0n) is 12.2. The lowest BCUT2D eigenvalue weighted by Gasteiger charge is -2.18. The first-order chi connectivity index (χ1) is 10.7. The molecule has 2 atom stereocenters. The molecule has 0 aliphatic carbocycles. The number of nitrogens with one attached hydrogen (secondary N) is 2. The van der Waals surface area contributed by atoms with Crippen molar-refractivity contribution in [3.8, 4) is 11.1 Å². The van der Waals surface area contributed by atoms with E-state index in [9.17, 15) is 0 Å². The fraction of sp³-hybridized carbons (Fsp3) is 0.333. The normalized spacial score (nSPS) is 23.4. The van der Waals surface area contributed by atoms with Crippen LogP contribution in [-0.2, 0) is 0 Å². The van der Waals surface area contributed by atoms with Crippen molar-refractivity contribution in [3.63, 3.8) is 0 Å². The topological polar surface area (TPSA) is 24.1 Å². The van der Waals surface area contributed by atoms with Gasteiger partial charge in [0.25, 0.3) is 0 Å². The Hall–Kier alpha value is -1.22. The maximum atomic E-state index is 6.45. The van der Waals surface area contributed by atoms with Gasteiger partial charge in [0.15, 0.2) is 0 Å². The standard InChI is InChI=1S/C18H18Cl2N2/c19-11-4-5-15(20)14(10-11)12-2-1-3-17-18(12)13-6-8-21-9-7-16(13)22-17/h1-5,10,13,16,21-22H,6-9H2/t13-,16+/m1/s1. The van der Waals surface area contributed by atoms with Gasteiger partial charge in [0.2, 0.25) is 0 Å². The lowest BCUT2D eigenvalue weighted by atomic mass is 9.86. The minimum Gasteiger partial charge on any atom is -0.381 e. The second-order valence-electron chi connectivity index (χ2n) is 6.08. The fourth-order valence-corrected chi connectivity index (χ4v) is 4.18. The number of benzene rings is 2. The van der Waals surface area contributed by atoms with Crippen molar-refractivity contribution in [2.45, 2.75) is 24.8 Å². The van der Waals surface area contributed by atoms with E-state index in [0.717, 1.165) is 41.5 Å². The molecule has 0 bridgehead atoms. The predicted molar refractivity (Wildman–Crippen MR) is 94.2 cm³/mol. The van der Waals surface area contributed by atoms with E-state index in [0.29, 0.717) is 12.0 Å². The fourth-order valence-electron chi connectivity index (χ4n) is 3.79. The number of fused-ring (bicyclic) bond motifs is 3. The van der Waals surface area contributed by atoms with Crippen molar-refractivity contribution >= 4 is 28.9 Å². The predicted octanol–water partition coefficient (Wildman–Crippen LogP) is 4.92. The smallest absolute Gasteiger partial charge is 0.0485 e.